The number of rotatable bonds is 3. The van der Waals surface area contributed by atoms with Crippen molar-refractivity contribution in [1.82, 2.24) is 5.32 Å². The second-order valence-electron chi connectivity index (χ2n) is 4.39. The second kappa shape index (κ2) is 5.42. The van der Waals surface area contributed by atoms with Crippen molar-refractivity contribution >= 4 is 23.0 Å². The Morgan fingerprint density at radius 2 is 2.05 bits per heavy atom. The Labute approximate surface area is 121 Å². The summed E-state index contributed by atoms with van der Waals surface area (Å²) in [5.41, 5.74) is 0.849. The fraction of sp³-hybridized carbons (Fsp3) is 0.214. The van der Waals surface area contributed by atoms with Crippen LogP contribution in [0.4, 0.5) is 5.69 Å². The smallest absolute Gasteiger partial charge is 0.231 e. The number of ether oxygens (including phenoxy) is 2. The quantitative estimate of drug-likeness (QED) is 0.848. The molecular weight excluding hydrogens is 276 g/mol. The molecule has 0 bridgehead atoms. The first-order valence-corrected chi connectivity index (χ1v) is 6.61. The summed E-state index contributed by atoms with van der Waals surface area (Å²) in [6, 6.07) is 9.44. The standard InChI is InChI=1S/C14H14N2O3S/c1-9-2-4-11(19-9)7-15-14(20)16-10-3-5-12-13(6-10)18-8-17-12/h2-6H,7-8H2,1H3,(H2,15,16,20). The summed E-state index contributed by atoms with van der Waals surface area (Å²) in [4.78, 5) is 0. The van der Waals surface area contributed by atoms with Crippen LogP contribution in [0.3, 0.4) is 0 Å². The van der Waals surface area contributed by atoms with Gasteiger partial charge in [-0.1, -0.05) is 0 Å². The summed E-state index contributed by atoms with van der Waals surface area (Å²) in [6.07, 6.45) is 0. The minimum atomic E-state index is 0.263. The molecular formula is C14H14N2O3S. The van der Waals surface area contributed by atoms with E-state index in [1.165, 1.54) is 0 Å². The number of hydrogen-bond acceptors (Lipinski definition) is 4. The highest BCUT2D eigenvalue weighted by Crippen LogP contribution is 2.34. The maximum Gasteiger partial charge on any atom is 0.231 e. The molecule has 0 unspecified atom stereocenters. The fourth-order valence-corrected chi connectivity index (χ4v) is 2.09. The van der Waals surface area contributed by atoms with Crippen molar-refractivity contribution in [3.63, 3.8) is 0 Å². The van der Waals surface area contributed by atoms with Crippen LogP contribution in [0.2, 0.25) is 0 Å². The van der Waals surface area contributed by atoms with E-state index in [0.717, 1.165) is 28.7 Å². The lowest BCUT2D eigenvalue weighted by Gasteiger charge is -2.09. The molecule has 0 saturated carbocycles. The molecule has 0 saturated heterocycles. The lowest BCUT2D eigenvalue weighted by atomic mass is 10.3. The van der Waals surface area contributed by atoms with E-state index in [1.54, 1.807) is 0 Å². The van der Waals surface area contributed by atoms with Crippen LogP contribution in [0.5, 0.6) is 11.5 Å². The van der Waals surface area contributed by atoms with E-state index in [1.807, 2.05) is 37.3 Å². The molecule has 0 radical (unpaired) electrons. The number of fused-ring (bicyclic) bond motifs is 1. The third kappa shape index (κ3) is 2.85. The van der Waals surface area contributed by atoms with Gasteiger partial charge < -0.3 is 24.5 Å². The van der Waals surface area contributed by atoms with E-state index >= 15 is 0 Å². The van der Waals surface area contributed by atoms with Gasteiger partial charge in [0.1, 0.15) is 11.5 Å². The Kier molecular flexibility index (Phi) is 3.47. The van der Waals surface area contributed by atoms with Crippen LogP contribution in [-0.4, -0.2) is 11.9 Å². The Morgan fingerprint density at radius 1 is 1.20 bits per heavy atom. The first kappa shape index (κ1) is 12.8. The lowest BCUT2D eigenvalue weighted by molar-refractivity contribution is 0.174. The average molecular weight is 290 g/mol. The molecule has 3 rings (SSSR count). The molecule has 2 N–H and O–H groups in total. The number of benzene rings is 1. The summed E-state index contributed by atoms with van der Waals surface area (Å²) in [5.74, 6) is 3.20. The Bertz CT molecular complexity index is 639. The largest absolute Gasteiger partial charge is 0.465 e. The first-order valence-electron chi connectivity index (χ1n) is 6.20. The van der Waals surface area contributed by atoms with Crippen molar-refractivity contribution in [3.05, 3.63) is 41.9 Å². The number of furan rings is 1. The van der Waals surface area contributed by atoms with Gasteiger partial charge in [-0.3, -0.25) is 0 Å². The molecule has 20 heavy (non-hydrogen) atoms. The van der Waals surface area contributed by atoms with Gasteiger partial charge in [-0.2, -0.15) is 0 Å². The molecule has 0 fully saturated rings. The van der Waals surface area contributed by atoms with Crippen LogP contribution in [0.1, 0.15) is 11.5 Å². The van der Waals surface area contributed by atoms with Gasteiger partial charge in [0.15, 0.2) is 16.6 Å². The molecule has 1 aromatic heterocycles. The average Bonchev–Trinajstić information content (AvgIpc) is 3.04. The molecule has 5 nitrogen and oxygen atoms in total. The SMILES string of the molecule is Cc1ccc(CNC(=S)Nc2ccc3c(c2)OCO3)o1. The topological polar surface area (TPSA) is 55.7 Å². The van der Waals surface area contributed by atoms with Crippen molar-refractivity contribution in [3.8, 4) is 11.5 Å². The Balaban J connectivity index is 1.56. The molecule has 6 heteroatoms. The van der Waals surface area contributed by atoms with Crippen molar-refractivity contribution in [1.29, 1.82) is 0 Å². The maximum atomic E-state index is 5.46. The van der Waals surface area contributed by atoms with Crippen LogP contribution in [0.25, 0.3) is 0 Å². The summed E-state index contributed by atoms with van der Waals surface area (Å²) < 4.78 is 16.0. The molecule has 2 aromatic rings. The van der Waals surface area contributed by atoms with Gasteiger partial charge in [0.25, 0.3) is 0 Å². The number of anilines is 1. The highest BCUT2D eigenvalue weighted by molar-refractivity contribution is 7.80. The number of aryl methyl sites for hydroxylation is 1. The summed E-state index contributed by atoms with van der Waals surface area (Å²) >= 11 is 5.23. The molecule has 0 aliphatic carbocycles. The fourth-order valence-electron chi connectivity index (χ4n) is 1.90. The lowest BCUT2D eigenvalue weighted by Crippen LogP contribution is -2.27. The predicted octanol–water partition coefficient (Wildman–Crippen LogP) is 2.80. The maximum absolute atomic E-state index is 5.46. The summed E-state index contributed by atoms with van der Waals surface area (Å²) in [7, 11) is 0. The van der Waals surface area contributed by atoms with Crippen molar-refractivity contribution in [2.75, 3.05) is 12.1 Å². The minimum Gasteiger partial charge on any atom is -0.465 e. The van der Waals surface area contributed by atoms with Crippen molar-refractivity contribution in [2.24, 2.45) is 0 Å². The van der Waals surface area contributed by atoms with Gasteiger partial charge in [0.2, 0.25) is 6.79 Å². The zero-order valence-corrected chi connectivity index (χ0v) is 11.8. The Hall–Kier alpha value is -2.21. The van der Waals surface area contributed by atoms with E-state index in [4.69, 9.17) is 26.1 Å². The molecule has 1 aromatic carbocycles. The predicted molar refractivity (Wildman–Crippen MR) is 79.1 cm³/mol. The highest BCUT2D eigenvalue weighted by atomic mass is 32.1. The molecule has 1 aliphatic heterocycles. The van der Waals surface area contributed by atoms with Gasteiger partial charge in [0, 0.05) is 11.8 Å². The van der Waals surface area contributed by atoms with Gasteiger partial charge >= 0.3 is 0 Å². The van der Waals surface area contributed by atoms with E-state index in [2.05, 4.69) is 10.6 Å². The van der Waals surface area contributed by atoms with Crippen molar-refractivity contribution in [2.45, 2.75) is 13.5 Å². The van der Waals surface area contributed by atoms with E-state index in [-0.39, 0.29) is 6.79 Å². The van der Waals surface area contributed by atoms with Crippen LogP contribution in [0, 0.1) is 6.92 Å². The summed E-state index contributed by atoms with van der Waals surface area (Å²) in [6.45, 7) is 2.72. The monoisotopic (exact) mass is 290 g/mol. The molecule has 0 atom stereocenters. The number of hydrogen-bond donors (Lipinski definition) is 2. The van der Waals surface area contributed by atoms with Crippen LogP contribution < -0.4 is 20.1 Å². The first-order chi connectivity index (χ1) is 9.70. The van der Waals surface area contributed by atoms with E-state index in [9.17, 15) is 0 Å². The Morgan fingerprint density at radius 3 is 2.85 bits per heavy atom. The molecule has 0 spiro atoms. The van der Waals surface area contributed by atoms with Gasteiger partial charge in [-0.05, 0) is 43.4 Å². The zero-order chi connectivity index (χ0) is 13.9. The van der Waals surface area contributed by atoms with Crippen LogP contribution in [-0.2, 0) is 6.54 Å². The zero-order valence-electron chi connectivity index (χ0n) is 10.9. The van der Waals surface area contributed by atoms with Crippen LogP contribution >= 0.6 is 12.2 Å². The molecule has 2 heterocycles. The van der Waals surface area contributed by atoms with E-state index < -0.39 is 0 Å². The number of thiocarbonyl (C=S) groups is 1. The number of nitrogens with one attached hydrogen (secondary N) is 2. The second-order valence-corrected chi connectivity index (χ2v) is 4.80. The summed E-state index contributed by atoms with van der Waals surface area (Å²) in [5, 5.41) is 6.70. The minimum absolute atomic E-state index is 0.263. The highest BCUT2D eigenvalue weighted by Gasteiger charge is 2.13. The normalized spacial score (nSPS) is 12.2. The van der Waals surface area contributed by atoms with Gasteiger partial charge in [-0.15, -0.1) is 0 Å². The van der Waals surface area contributed by atoms with Crippen LogP contribution in [0.15, 0.2) is 34.7 Å². The van der Waals surface area contributed by atoms with Gasteiger partial charge in [-0.25, -0.2) is 0 Å². The molecule has 104 valence electrons. The van der Waals surface area contributed by atoms with E-state index in [0.29, 0.717) is 11.7 Å². The van der Waals surface area contributed by atoms with Gasteiger partial charge in [0.05, 0.1) is 6.54 Å². The molecule has 0 amide bonds. The molecule has 1 aliphatic rings. The third-order valence-electron chi connectivity index (χ3n) is 2.85. The third-order valence-corrected chi connectivity index (χ3v) is 3.10. The van der Waals surface area contributed by atoms with Crippen molar-refractivity contribution < 1.29 is 13.9 Å².